The average molecular weight is 887 g/mol. The zero-order chi connectivity index (χ0) is 46.1. The summed E-state index contributed by atoms with van der Waals surface area (Å²) in [6, 6.07) is 66.0. The molecular formula is C61H46N2O5. The Balaban J connectivity index is 0.906. The zero-order valence-corrected chi connectivity index (χ0v) is 37.4. The van der Waals surface area contributed by atoms with Crippen LogP contribution in [0.25, 0.3) is 43.1 Å². The molecule has 10 aromatic rings. The molecule has 2 heterocycles. The van der Waals surface area contributed by atoms with Crippen LogP contribution in [0.2, 0.25) is 0 Å². The van der Waals surface area contributed by atoms with Crippen molar-refractivity contribution in [1.29, 1.82) is 0 Å². The molecule has 7 nitrogen and oxygen atoms in total. The Bertz CT molecular complexity index is 3610. The van der Waals surface area contributed by atoms with Crippen molar-refractivity contribution >= 4 is 66.3 Å². The maximum atomic E-state index is 15.8. The van der Waals surface area contributed by atoms with Crippen molar-refractivity contribution in [2.24, 2.45) is 0 Å². The third-order valence-electron chi connectivity index (χ3n) is 14.5. The molecule has 10 aromatic carbocycles. The molecule has 12 rings (SSSR count). The van der Waals surface area contributed by atoms with Crippen LogP contribution >= 0.6 is 0 Å². The Labute approximate surface area is 393 Å². The minimum Gasteiger partial charge on any atom is -0.508 e. The van der Waals surface area contributed by atoms with E-state index in [9.17, 15) is 10.2 Å². The van der Waals surface area contributed by atoms with Gasteiger partial charge in [-0.1, -0.05) is 127 Å². The average Bonchev–Trinajstić information content (AvgIpc) is 3.78. The number of carbonyl (C=O) groups is 2. The maximum Gasteiger partial charge on any atom is 0.246 e. The maximum absolute atomic E-state index is 15.8. The summed E-state index contributed by atoms with van der Waals surface area (Å²) in [5.74, 6) is 1.08. The van der Waals surface area contributed by atoms with Gasteiger partial charge in [-0.2, -0.15) is 0 Å². The molecule has 0 spiro atoms. The predicted octanol–water partition coefficient (Wildman–Crippen LogP) is 12.6. The quantitative estimate of drug-likeness (QED) is 0.134. The van der Waals surface area contributed by atoms with E-state index >= 15 is 9.59 Å². The molecule has 2 N–H and O–H groups in total. The van der Waals surface area contributed by atoms with Gasteiger partial charge in [-0.15, -0.1) is 0 Å². The Morgan fingerprint density at radius 3 is 1.22 bits per heavy atom. The van der Waals surface area contributed by atoms with Crippen molar-refractivity contribution in [3.63, 3.8) is 0 Å². The monoisotopic (exact) mass is 886 g/mol. The lowest BCUT2D eigenvalue weighted by Gasteiger charge is -2.31. The second-order valence-electron chi connectivity index (χ2n) is 18.1. The van der Waals surface area contributed by atoms with E-state index in [0.717, 1.165) is 93.6 Å². The molecule has 7 heteroatoms. The Kier molecular flexibility index (Phi) is 9.59. The van der Waals surface area contributed by atoms with Crippen molar-refractivity contribution in [3.8, 4) is 17.2 Å². The molecule has 1 unspecified atom stereocenters. The smallest absolute Gasteiger partial charge is 0.246 e. The Morgan fingerprint density at radius 1 is 0.397 bits per heavy atom. The standard InChI is InChI=1S/C61H46N2O5/c1-68-53-29-22-43-35-50(26-19-46(43)38-53)60(47-23-16-39-10-2-3-11-40(39)32-47)54-12-4-6-14-56(54)62(58(60)66)30-8-9-31-63-57-15-7-5-13-55(57)61(59(63)67,48-24-17-44-36-51(64)27-20-41(44)33-48)49-25-18-45-37-52(65)28-21-42(45)34-49/h2-7,10-29,32-38,64-65H,8-9,30-31H2,1H3. The van der Waals surface area contributed by atoms with Crippen LogP contribution in [-0.2, 0) is 20.4 Å². The van der Waals surface area contributed by atoms with Gasteiger partial charge < -0.3 is 24.7 Å². The lowest BCUT2D eigenvalue weighted by atomic mass is 9.69. The van der Waals surface area contributed by atoms with Crippen molar-refractivity contribution in [1.82, 2.24) is 0 Å². The van der Waals surface area contributed by atoms with Crippen LogP contribution in [0.3, 0.4) is 0 Å². The van der Waals surface area contributed by atoms with Crippen LogP contribution < -0.4 is 14.5 Å². The summed E-state index contributed by atoms with van der Waals surface area (Å²) < 4.78 is 5.55. The number of hydrogen-bond donors (Lipinski definition) is 2. The minimum atomic E-state index is -1.19. The lowest BCUT2D eigenvalue weighted by molar-refractivity contribution is -0.121. The summed E-state index contributed by atoms with van der Waals surface area (Å²) in [4.78, 5) is 35.4. The van der Waals surface area contributed by atoms with E-state index in [1.54, 1.807) is 31.4 Å². The molecule has 0 bridgehead atoms. The predicted molar refractivity (Wildman–Crippen MR) is 272 cm³/mol. The number of ether oxygens (including phenoxy) is 1. The number of aromatic hydroxyl groups is 2. The Hall–Kier alpha value is -8.42. The van der Waals surface area contributed by atoms with Gasteiger partial charge >= 0.3 is 0 Å². The van der Waals surface area contributed by atoms with Gasteiger partial charge in [-0.05, 0) is 151 Å². The summed E-state index contributed by atoms with van der Waals surface area (Å²) >= 11 is 0. The normalized spacial score (nSPS) is 16.2. The third-order valence-corrected chi connectivity index (χ3v) is 14.5. The van der Waals surface area contributed by atoms with Gasteiger partial charge in [0, 0.05) is 35.6 Å². The fourth-order valence-electron chi connectivity index (χ4n) is 11.3. The molecule has 0 aromatic heterocycles. The Morgan fingerprint density at radius 2 is 0.750 bits per heavy atom. The number of unbranched alkanes of at least 4 members (excludes halogenated alkanes) is 1. The number of rotatable bonds is 10. The number of nitrogens with zero attached hydrogens (tertiary/aromatic N) is 2. The molecule has 2 aliphatic heterocycles. The summed E-state index contributed by atoms with van der Waals surface area (Å²) in [6.07, 6.45) is 1.28. The first kappa shape index (κ1) is 41.0. The van der Waals surface area contributed by atoms with Gasteiger partial charge in [0.1, 0.15) is 28.1 Å². The number of methoxy groups -OCH3 is 1. The number of hydrogen-bond acceptors (Lipinski definition) is 5. The highest BCUT2D eigenvalue weighted by molar-refractivity contribution is 6.15. The van der Waals surface area contributed by atoms with Crippen molar-refractivity contribution < 1.29 is 24.5 Å². The zero-order valence-electron chi connectivity index (χ0n) is 37.4. The number of para-hydroxylation sites is 2. The van der Waals surface area contributed by atoms with Crippen LogP contribution in [0.15, 0.2) is 200 Å². The first-order valence-electron chi connectivity index (χ1n) is 23.1. The number of fused-ring (bicyclic) bond motifs is 6. The lowest BCUT2D eigenvalue weighted by Crippen LogP contribution is -2.43. The summed E-state index contributed by atoms with van der Waals surface area (Å²) in [6.45, 7) is 0.897. The summed E-state index contributed by atoms with van der Waals surface area (Å²) in [7, 11) is 1.67. The molecule has 0 saturated heterocycles. The molecule has 0 aliphatic carbocycles. The fraction of sp³-hybridized carbons (Fsp3) is 0.115. The number of benzene rings is 10. The van der Waals surface area contributed by atoms with E-state index in [0.29, 0.717) is 25.9 Å². The highest BCUT2D eigenvalue weighted by atomic mass is 16.5. The van der Waals surface area contributed by atoms with E-state index in [2.05, 4.69) is 84.9 Å². The van der Waals surface area contributed by atoms with Crippen LogP contribution in [0.4, 0.5) is 11.4 Å². The number of amides is 2. The molecule has 1 atom stereocenters. The summed E-state index contributed by atoms with van der Waals surface area (Å²) in [5.41, 5.74) is 4.72. The highest BCUT2D eigenvalue weighted by Gasteiger charge is 2.55. The van der Waals surface area contributed by atoms with Crippen molar-refractivity contribution in [2.75, 3.05) is 30.0 Å². The van der Waals surface area contributed by atoms with Gasteiger partial charge in [0.15, 0.2) is 0 Å². The van der Waals surface area contributed by atoms with E-state index in [-0.39, 0.29) is 23.3 Å². The molecule has 2 aliphatic rings. The minimum absolute atomic E-state index is 0.00213. The second-order valence-corrected chi connectivity index (χ2v) is 18.1. The van der Waals surface area contributed by atoms with E-state index < -0.39 is 10.8 Å². The number of anilines is 2. The number of phenolic OH excluding ortho intramolecular Hbond substituents is 2. The fourth-order valence-corrected chi connectivity index (χ4v) is 11.3. The molecule has 2 amide bonds. The highest BCUT2D eigenvalue weighted by Crippen LogP contribution is 2.53. The van der Waals surface area contributed by atoms with Gasteiger partial charge in [0.2, 0.25) is 11.8 Å². The molecule has 0 radical (unpaired) electrons. The van der Waals surface area contributed by atoms with Gasteiger partial charge in [0.25, 0.3) is 0 Å². The van der Waals surface area contributed by atoms with Gasteiger partial charge in [-0.3, -0.25) is 9.59 Å². The van der Waals surface area contributed by atoms with Crippen LogP contribution in [0, 0.1) is 0 Å². The largest absolute Gasteiger partial charge is 0.508 e. The van der Waals surface area contributed by atoms with Crippen molar-refractivity contribution in [3.05, 3.63) is 234 Å². The van der Waals surface area contributed by atoms with E-state index in [1.165, 1.54) is 0 Å². The van der Waals surface area contributed by atoms with E-state index in [1.807, 2.05) is 101 Å². The number of phenols is 2. The summed E-state index contributed by atoms with van der Waals surface area (Å²) in [5, 5.41) is 28.4. The number of carbonyl (C=O) groups excluding carboxylic acids is 2. The molecule has 0 saturated carbocycles. The molecule has 330 valence electrons. The van der Waals surface area contributed by atoms with Gasteiger partial charge in [0.05, 0.1) is 7.11 Å². The van der Waals surface area contributed by atoms with Crippen LogP contribution in [0.5, 0.6) is 17.2 Å². The topological polar surface area (TPSA) is 90.3 Å². The van der Waals surface area contributed by atoms with Crippen LogP contribution in [-0.4, -0.2) is 42.2 Å². The van der Waals surface area contributed by atoms with Crippen molar-refractivity contribution in [2.45, 2.75) is 23.7 Å². The van der Waals surface area contributed by atoms with E-state index in [4.69, 9.17) is 4.74 Å². The first-order valence-corrected chi connectivity index (χ1v) is 23.1. The molecule has 68 heavy (non-hydrogen) atoms. The third kappa shape index (κ3) is 6.19. The van der Waals surface area contributed by atoms with Gasteiger partial charge in [-0.25, -0.2) is 0 Å². The van der Waals surface area contributed by atoms with Crippen LogP contribution in [0.1, 0.15) is 46.2 Å². The first-order chi connectivity index (χ1) is 33.3. The second kappa shape index (κ2) is 15.9. The molecular weight excluding hydrogens is 841 g/mol. The molecule has 0 fully saturated rings. The SMILES string of the molecule is COc1ccc2cc(C3(c4ccc5ccccc5c4)C(=O)N(CCCCN4C(=O)C(c5ccc6cc(O)ccc6c5)(c5ccc6cc(O)ccc6c5)c5ccccc54)c4ccccc43)ccc2c1.